The quantitative estimate of drug-likeness (QED) is 0.0349. The number of unbranched alkanes of at least 4 members (excludes halogenated alkanes) is 29. The van der Waals surface area contributed by atoms with Crippen molar-refractivity contribution in [3.63, 3.8) is 0 Å². The summed E-state index contributed by atoms with van der Waals surface area (Å²) in [4.78, 5) is 37.7. The van der Waals surface area contributed by atoms with Crippen LogP contribution in [0.25, 0.3) is 0 Å². The van der Waals surface area contributed by atoms with E-state index in [1.54, 1.807) is 0 Å². The summed E-state index contributed by atoms with van der Waals surface area (Å²) in [5.74, 6) is -0.00630. The summed E-state index contributed by atoms with van der Waals surface area (Å²) in [6, 6.07) is 0. The third-order valence-electron chi connectivity index (χ3n) is 11.2. The Bertz CT molecular complexity index is 813. The fourth-order valence-electron chi connectivity index (χ4n) is 7.12. The molecule has 2 atom stereocenters. The van der Waals surface area contributed by atoms with E-state index < -0.39 is 6.10 Å². The second kappa shape index (κ2) is 42.6. The van der Waals surface area contributed by atoms with Crippen LogP contribution in [0.4, 0.5) is 0 Å². The largest absolute Gasteiger partial charge is 0.462 e. The summed E-state index contributed by atoms with van der Waals surface area (Å²) in [6.07, 6.45) is 42.2. The van der Waals surface area contributed by atoms with Gasteiger partial charge in [-0.15, -0.1) is 0 Å². The van der Waals surface area contributed by atoms with Gasteiger partial charge in [-0.25, -0.2) is 0 Å². The van der Waals surface area contributed by atoms with Crippen LogP contribution in [0.3, 0.4) is 0 Å². The van der Waals surface area contributed by atoms with E-state index in [2.05, 4.69) is 27.7 Å². The summed E-state index contributed by atoms with van der Waals surface area (Å²) in [7, 11) is 0. The van der Waals surface area contributed by atoms with E-state index in [9.17, 15) is 14.4 Å². The van der Waals surface area contributed by atoms with E-state index in [-0.39, 0.29) is 31.1 Å². The molecule has 0 N–H and O–H groups in total. The molecule has 0 amide bonds. The molecule has 0 rings (SSSR count). The predicted octanol–water partition coefficient (Wildman–Crippen LogP) is 15.1. The standard InChI is InChI=1S/C48H92O6/c1-5-8-10-12-14-16-17-18-19-20-21-23-27-31-35-39-46(49)52-42-45(54-48(51)41-37-33-29-22-15-13-11-9-6-2)43-53-47(50)40-36-32-28-25-24-26-30-34-38-44(4)7-3/h44-45H,5-43H2,1-4H3/t44?,45-/m0/s1. The van der Waals surface area contributed by atoms with Gasteiger partial charge in [0, 0.05) is 19.3 Å². The monoisotopic (exact) mass is 765 g/mol. The van der Waals surface area contributed by atoms with Crippen LogP contribution in [-0.4, -0.2) is 37.2 Å². The van der Waals surface area contributed by atoms with Crippen molar-refractivity contribution in [2.24, 2.45) is 5.92 Å². The number of carbonyl (C=O) groups excluding carboxylic acids is 3. The lowest BCUT2D eigenvalue weighted by molar-refractivity contribution is -0.167. The van der Waals surface area contributed by atoms with E-state index in [1.165, 1.54) is 161 Å². The molecule has 6 heteroatoms. The average Bonchev–Trinajstić information content (AvgIpc) is 3.17. The molecule has 0 spiro atoms. The first-order chi connectivity index (χ1) is 26.4. The minimum Gasteiger partial charge on any atom is -0.462 e. The second-order valence-corrected chi connectivity index (χ2v) is 16.6. The molecule has 0 aliphatic rings. The Balaban J connectivity index is 4.28. The SMILES string of the molecule is CCCCCCCCCCCCCCCCCC(=O)OC[C@@H](COC(=O)CCCCCCCCCCC(C)CC)OC(=O)CCCCCCCCCCC. The highest BCUT2D eigenvalue weighted by Crippen LogP contribution is 2.17. The highest BCUT2D eigenvalue weighted by molar-refractivity contribution is 5.71. The topological polar surface area (TPSA) is 78.9 Å². The van der Waals surface area contributed by atoms with Gasteiger partial charge >= 0.3 is 17.9 Å². The van der Waals surface area contributed by atoms with Crippen LogP contribution in [-0.2, 0) is 28.6 Å². The number of esters is 3. The first-order valence-electron chi connectivity index (χ1n) is 23.9. The minimum atomic E-state index is -0.759. The van der Waals surface area contributed by atoms with Gasteiger partial charge in [0.25, 0.3) is 0 Å². The molecule has 0 bridgehead atoms. The lowest BCUT2D eigenvalue weighted by Crippen LogP contribution is -2.30. The van der Waals surface area contributed by atoms with Gasteiger partial charge in [0.05, 0.1) is 0 Å². The van der Waals surface area contributed by atoms with Gasteiger partial charge < -0.3 is 14.2 Å². The van der Waals surface area contributed by atoms with E-state index in [0.717, 1.165) is 63.7 Å². The average molecular weight is 765 g/mol. The van der Waals surface area contributed by atoms with Crippen LogP contribution in [0.5, 0.6) is 0 Å². The van der Waals surface area contributed by atoms with Gasteiger partial charge in [0.1, 0.15) is 13.2 Å². The Hall–Kier alpha value is -1.59. The van der Waals surface area contributed by atoms with Crippen LogP contribution in [0.15, 0.2) is 0 Å². The summed E-state index contributed by atoms with van der Waals surface area (Å²) in [6.45, 7) is 8.99. The molecule has 0 radical (unpaired) electrons. The fourth-order valence-corrected chi connectivity index (χ4v) is 7.12. The van der Waals surface area contributed by atoms with Crippen LogP contribution < -0.4 is 0 Å². The van der Waals surface area contributed by atoms with Crippen LogP contribution in [0.1, 0.15) is 265 Å². The molecule has 0 aromatic heterocycles. The molecule has 6 nitrogen and oxygen atoms in total. The molecule has 0 aromatic rings. The van der Waals surface area contributed by atoms with E-state index in [4.69, 9.17) is 14.2 Å². The highest BCUT2D eigenvalue weighted by atomic mass is 16.6. The third kappa shape index (κ3) is 40.1. The zero-order valence-electron chi connectivity index (χ0n) is 36.7. The summed E-state index contributed by atoms with van der Waals surface area (Å²) >= 11 is 0. The zero-order chi connectivity index (χ0) is 39.6. The van der Waals surface area contributed by atoms with Crippen LogP contribution >= 0.6 is 0 Å². The van der Waals surface area contributed by atoms with E-state index >= 15 is 0 Å². The van der Waals surface area contributed by atoms with Crippen molar-refractivity contribution >= 4 is 17.9 Å². The Morgan fingerprint density at radius 3 is 0.963 bits per heavy atom. The zero-order valence-corrected chi connectivity index (χ0v) is 36.7. The lowest BCUT2D eigenvalue weighted by atomic mass is 9.99. The van der Waals surface area contributed by atoms with Crippen molar-refractivity contribution in [1.82, 2.24) is 0 Å². The first-order valence-corrected chi connectivity index (χ1v) is 23.9. The molecule has 0 saturated carbocycles. The number of carbonyl (C=O) groups is 3. The molecular weight excluding hydrogens is 673 g/mol. The van der Waals surface area contributed by atoms with Gasteiger partial charge in [-0.1, -0.05) is 227 Å². The van der Waals surface area contributed by atoms with Gasteiger partial charge in [0.2, 0.25) is 0 Å². The summed E-state index contributed by atoms with van der Waals surface area (Å²) < 4.78 is 16.7. The molecule has 1 unspecified atom stereocenters. The minimum absolute atomic E-state index is 0.0638. The van der Waals surface area contributed by atoms with E-state index in [1.807, 2.05) is 0 Å². The van der Waals surface area contributed by atoms with Crippen molar-refractivity contribution < 1.29 is 28.6 Å². The number of hydrogen-bond donors (Lipinski definition) is 0. The Kier molecular flexibility index (Phi) is 41.3. The Labute approximate surface area is 336 Å². The summed E-state index contributed by atoms with van der Waals surface area (Å²) in [5, 5.41) is 0. The molecular formula is C48H92O6. The lowest BCUT2D eigenvalue weighted by Gasteiger charge is -2.18. The van der Waals surface area contributed by atoms with Gasteiger partial charge in [-0.05, 0) is 25.2 Å². The molecule has 320 valence electrons. The summed E-state index contributed by atoms with van der Waals surface area (Å²) in [5.41, 5.74) is 0. The molecule has 0 aliphatic heterocycles. The molecule has 0 heterocycles. The third-order valence-corrected chi connectivity index (χ3v) is 11.2. The number of rotatable bonds is 43. The van der Waals surface area contributed by atoms with Gasteiger partial charge in [0.15, 0.2) is 6.10 Å². The van der Waals surface area contributed by atoms with Crippen LogP contribution in [0.2, 0.25) is 0 Å². The molecule has 0 aromatic carbocycles. The van der Waals surface area contributed by atoms with Crippen molar-refractivity contribution in [2.75, 3.05) is 13.2 Å². The van der Waals surface area contributed by atoms with Gasteiger partial charge in [-0.3, -0.25) is 14.4 Å². The molecule has 54 heavy (non-hydrogen) atoms. The maximum atomic E-state index is 12.7. The predicted molar refractivity (Wildman–Crippen MR) is 229 cm³/mol. The number of hydrogen-bond acceptors (Lipinski definition) is 6. The molecule has 0 fully saturated rings. The smallest absolute Gasteiger partial charge is 0.306 e. The van der Waals surface area contributed by atoms with Crippen LogP contribution in [0, 0.1) is 5.92 Å². The van der Waals surface area contributed by atoms with Crippen molar-refractivity contribution in [2.45, 2.75) is 271 Å². The fraction of sp³-hybridized carbons (Fsp3) is 0.938. The first kappa shape index (κ1) is 52.4. The number of ether oxygens (including phenoxy) is 3. The van der Waals surface area contributed by atoms with Crippen molar-refractivity contribution in [1.29, 1.82) is 0 Å². The highest BCUT2D eigenvalue weighted by Gasteiger charge is 2.19. The maximum Gasteiger partial charge on any atom is 0.306 e. The Morgan fingerprint density at radius 2 is 0.648 bits per heavy atom. The second-order valence-electron chi connectivity index (χ2n) is 16.6. The molecule has 0 saturated heterocycles. The maximum absolute atomic E-state index is 12.7. The van der Waals surface area contributed by atoms with Crippen molar-refractivity contribution in [3.05, 3.63) is 0 Å². The van der Waals surface area contributed by atoms with Crippen molar-refractivity contribution in [3.8, 4) is 0 Å². The van der Waals surface area contributed by atoms with E-state index in [0.29, 0.717) is 19.3 Å². The Morgan fingerprint density at radius 1 is 0.370 bits per heavy atom. The normalized spacial score (nSPS) is 12.4. The van der Waals surface area contributed by atoms with Gasteiger partial charge in [-0.2, -0.15) is 0 Å². The molecule has 0 aliphatic carbocycles.